The minimum atomic E-state index is 0.234. The molecule has 1 nitrogen and oxygen atoms in total. The summed E-state index contributed by atoms with van der Waals surface area (Å²) in [6.45, 7) is 0.234. The van der Waals surface area contributed by atoms with Crippen molar-refractivity contribution in [1.29, 1.82) is 0 Å². The molecule has 2 aliphatic rings. The summed E-state index contributed by atoms with van der Waals surface area (Å²) in [6, 6.07) is 44.3. The van der Waals surface area contributed by atoms with E-state index < -0.39 is 0 Å². The van der Waals surface area contributed by atoms with Gasteiger partial charge in [-0.3, -0.25) is 0 Å². The molecule has 0 atom stereocenters. The van der Waals surface area contributed by atoms with Gasteiger partial charge in [0, 0.05) is 27.3 Å². The zero-order valence-electron chi connectivity index (χ0n) is 19.0. The SMILES string of the molecule is c1ccc(-c2sc3c4c(cccc24)-c2cccc4c2B3c2ccccc2N4c2ccccc2)cc1. The Morgan fingerprint density at radius 2 is 1.26 bits per heavy atom. The summed E-state index contributed by atoms with van der Waals surface area (Å²) in [5, 5.41) is 2.79. The molecule has 3 heterocycles. The number of rotatable bonds is 2. The van der Waals surface area contributed by atoms with Crippen LogP contribution in [0.5, 0.6) is 0 Å². The van der Waals surface area contributed by atoms with Crippen molar-refractivity contribution in [2.75, 3.05) is 4.90 Å². The molecular weight excluding hydrogens is 441 g/mol. The minimum absolute atomic E-state index is 0.234. The van der Waals surface area contributed by atoms with Crippen LogP contribution in [0.3, 0.4) is 0 Å². The molecule has 0 aliphatic carbocycles. The Morgan fingerprint density at radius 3 is 2.11 bits per heavy atom. The van der Waals surface area contributed by atoms with Crippen LogP contribution in [0.4, 0.5) is 17.1 Å². The summed E-state index contributed by atoms with van der Waals surface area (Å²) >= 11 is 1.97. The highest BCUT2D eigenvalue weighted by molar-refractivity contribution is 7.32. The predicted octanol–water partition coefficient (Wildman–Crippen LogP) is 6.85. The van der Waals surface area contributed by atoms with Gasteiger partial charge < -0.3 is 4.90 Å². The van der Waals surface area contributed by atoms with Crippen LogP contribution in [0.15, 0.2) is 121 Å². The smallest absolute Gasteiger partial charge is 0.260 e. The average Bonchev–Trinajstić information content (AvgIpc) is 3.32. The van der Waals surface area contributed by atoms with E-state index in [-0.39, 0.29) is 6.71 Å². The van der Waals surface area contributed by atoms with Crippen molar-refractivity contribution in [1.82, 2.24) is 0 Å². The maximum Gasteiger partial charge on any atom is 0.260 e. The molecule has 35 heavy (non-hydrogen) atoms. The van der Waals surface area contributed by atoms with E-state index in [4.69, 9.17) is 0 Å². The Balaban J connectivity index is 1.50. The first-order valence-electron chi connectivity index (χ1n) is 12.1. The molecule has 0 amide bonds. The molecule has 2 aliphatic heterocycles. The van der Waals surface area contributed by atoms with E-state index in [1.165, 1.54) is 65.1 Å². The highest BCUT2D eigenvalue weighted by Crippen LogP contribution is 2.44. The number of hydrogen-bond acceptors (Lipinski definition) is 2. The predicted molar refractivity (Wildman–Crippen MR) is 152 cm³/mol. The largest absolute Gasteiger partial charge is 0.312 e. The zero-order chi connectivity index (χ0) is 22.9. The van der Waals surface area contributed by atoms with Gasteiger partial charge in [0.1, 0.15) is 0 Å². The van der Waals surface area contributed by atoms with E-state index in [0.29, 0.717) is 0 Å². The highest BCUT2D eigenvalue weighted by Gasteiger charge is 2.42. The average molecular weight is 461 g/mol. The summed E-state index contributed by atoms with van der Waals surface area (Å²) in [7, 11) is 0. The third kappa shape index (κ3) is 2.59. The Labute approximate surface area is 209 Å². The van der Waals surface area contributed by atoms with Gasteiger partial charge in [-0.15, -0.1) is 11.3 Å². The van der Waals surface area contributed by atoms with Crippen molar-refractivity contribution in [2.45, 2.75) is 0 Å². The third-order valence-corrected chi connectivity index (χ3v) is 8.79. The molecule has 8 rings (SSSR count). The maximum absolute atomic E-state index is 2.45. The molecule has 1 aromatic heterocycles. The Kier molecular flexibility index (Phi) is 3.97. The van der Waals surface area contributed by atoms with E-state index in [2.05, 4.69) is 126 Å². The Hall–Kier alpha value is -4.08. The number of benzene rings is 5. The Morgan fingerprint density at radius 1 is 0.571 bits per heavy atom. The second-order valence-corrected chi connectivity index (χ2v) is 10.3. The lowest BCUT2D eigenvalue weighted by Gasteiger charge is -2.39. The summed E-state index contributed by atoms with van der Waals surface area (Å²) in [4.78, 5) is 3.82. The van der Waals surface area contributed by atoms with Gasteiger partial charge in [-0.1, -0.05) is 97.1 Å². The van der Waals surface area contributed by atoms with Crippen LogP contribution in [0.25, 0.3) is 32.3 Å². The van der Waals surface area contributed by atoms with Crippen LogP contribution >= 0.6 is 11.3 Å². The molecular formula is C32H20BNS. The first-order chi connectivity index (χ1) is 17.4. The fourth-order valence-corrected chi connectivity index (χ4v) is 7.53. The van der Waals surface area contributed by atoms with Crippen LogP contribution in [-0.2, 0) is 0 Å². The fraction of sp³-hybridized carbons (Fsp3) is 0. The lowest BCUT2D eigenvalue weighted by Crippen LogP contribution is -2.58. The van der Waals surface area contributed by atoms with Crippen molar-refractivity contribution < 1.29 is 0 Å². The highest BCUT2D eigenvalue weighted by atomic mass is 32.1. The second kappa shape index (κ2) is 7.21. The summed E-state index contributed by atoms with van der Waals surface area (Å²) in [5.74, 6) is 0. The van der Waals surface area contributed by atoms with Gasteiger partial charge in [0.05, 0.1) is 0 Å². The zero-order valence-corrected chi connectivity index (χ0v) is 19.8. The fourth-order valence-electron chi connectivity index (χ4n) is 6.09. The summed E-state index contributed by atoms with van der Waals surface area (Å²) in [5.41, 5.74) is 10.6. The molecule has 162 valence electrons. The van der Waals surface area contributed by atoms with Crippen molar-refractivity contribution in [3.05, 3.63) is 121 Å². The second-order valence-electron chi connectivity index (χ2n) is 9.29. The van der Waals surface area contributed by atoms with Gasteiger partial charge in [0.2, 0.25) is 0 Å². The van der Waals surface area contributed by atoms with E-state index in [0.717, 1.165) is 0 Å². The van der Waals surface area contributed by atoms with Crippen molar-refractivity contribution in [2.24, 2.45) is 0 Å². The molecule has 5 aromatic carbocycles. The number of para-hydroxylation sites is 2. The van der Waals surface area contributed by atoms with Gasteiger partial charge in [-0.05, 0) is 62.0 Å². The molecule has 0 N–H and O–H groups in total. The van der Waals surface area contributed by atoms with Crippen LogP contribution in [-0.4, -0.2) is 6.71 Å². The van der Waals surface area contributed by atoms with Crippen LogP contribution in [0, 0.1) is 0 Å². The van der Waals surface area contributed by atoms with Crippen LogP contribution in [0.1, 0.15) is 0 Å². The lowest BCUT2D eigenvalue weighted by molar-refractivity contribution is 1.29. The molecule has 0 spiro atoms. The molecule has 0 radical (unpaired) electrons. The standard InChI is InChI=1S/C32H20BNS/c1-3-11-21(12-4-1)31-25-17-9-15-23-24-16-10-20-28-30(24)33(32(35-31)29(23)25)26-18-7-8-19-27(26)34(28)22-13-5-2-6-14-22/h1-20H. The van der Waals surface area contributed by atoms with Gasteiger partial charge in [0.25, 0.3) is 6.71 Å². The molecule has 0 saturated heterocycles. The topological polar surface area (TPSA) is 3.24 Å². The van der Waals surface area contributed by atoms with E-state index in [9.17, 15) is 0 Å². The van der Waals surface area contributed by atoms with Gasteiger partial charge >= 0.3 is 0 Å². The molecule has 0 bridgehead atoms. The van der Waals surface area contributed by atoms with Crippen LogP contribution < -0.4 is 20.6 Å². The summed E-state index contributed by atoms with van der Waals surface area (Å²) < 4.78 is 1.47. The lowest BCUT2D eigenvalue weighted by atomic mass is 9.35. The van der Waals surface area contributed by atoms with Crippen molar-refractivity contribution in [3.8, 4) is 21.6 Å². The van der Waals surface area contributed by atoms with Gasteiger partial charge in [-0.25, -0.2) is 0 Å². The Bertz CT molecular complexity index is 1750. The van der Waals surface area contributed by atoms with E-state index >= 15 is 0 Å². The molecule has 0 unspecified atom stereocenters. The summed E-state index contributed by atoms with van der Waals surface area (Å²) in [6.07, 6.45) is 0. The molecule has 0 saturated carbocycles. The quantitative estimate of drug-likeness (QED) is 0.255. The monoisotopic (exact) mass is 461 g/mol. The number of anilines is 3. The van der Waals surface area contributed by atoms with Crippen molar-refractivity contribution >= 4 is 61.6 Å². The van der Waals surface area contributed by atoms with Gasteiger partial charge in [-0.2, -0.15) is 0 Å². The van der Waals surface area contributed by atoms with Crippen molar-refractivity contribution in [3.63, 3.8) is 0 Å². The number of nitrogens with zero attached hydrogens (tertiary/aromatic N) is 1. The minimum Gasteiger partial charge on any atom is -0.312 e. The maximum atomic E-state index is 2.45. The normalized spacial score (nSPS) is 13.0. The number of thiophene rings is 1. The number of hydrogen-bond donors (Lipinski definition) is 0. The molecule has 0 fully saturated rings. The third-order valence-electron chi connectivity index (χ3n) is 7.47. The molecule has 3 heteroatoms. The van der Waals surface area contributed by atoms with E-state index in [1.54, 1.807) is 0 Å². The van der Waals surface area contributed by atoms with Gasteiger partial charge in [0.15, 0.2) is 0 Å². The molecule has 6 aromatic rings. The number of fused-ring (bicyclic) bond motifs is 4. The van der Waals surface area contributed by atoms with E-state index in [1.807, 2.05) is 11.3 Å². The first-order valence-corrected chi connectivity index (χ1v) is 12.9. The van der Waals surface area contributed by atoms with Crippen LogP contribution in [0.2, 0.25) is 0 Å². The first kappa shape index (κ1) is 19.3.